The molecule has 0 fully saturated rings. The predicted molar refractivity (Wildman–Crippen MR) is 207 cm³/mol. The molecule has 2 aliphatic rings. The highest BCUT2D eigenvalue weighted by atomic mass is 32.1. The lowest BCUT2D eigenvalue weighted by Crippen LogP contribution is -2.30. The molecule has 2 atom stereocenters. The standard InChI is InChI=1S/2C21H20N2O2S/c2*24-21(25)19-6-8-22-12-16(19)2-4-20-18-3-1-14(17-7-10-26-13-17)11-15(18)5-9-23-20/h2*1,3,6-8,10-13,20,23H,2,4-5,9H2,(H,24,25)/t2*20-/m10/s1. The van der Waals surface area contributed by atoms with Crippen LogP contribution >= 0.6 is 22.7 Å². The van der Waals surface area contributed by atoms with Crippen molar-refractivity contribution in [2.75, 3.05) is 13.1 Å². The van der Waals surface area contributed by atoms with E-state index >= 15 is 0 Å². The Kier molecular flexibility index (Phi) is 11.3. The second kappa shape index (κ2) is 16.6. The summed E-state index contributed by atoms with van der Waals surface area (Å²) in [5.74, 6) is -1.78. The summed E-state index contributed by atoms with van der Waals surface area (Å²) >= 11 is 3.43. The van der Waals surface area contributed by atoms with Gasteiger partial charge in [-0.3, -0.25) is 9.97 Å². The second-order valence-electron chi connectivity index (χ2n) is 13.1. The minimum absolute atomic E-state index is 0.247. The number of hydrogen-bond donors (Lipinski definition) is 4. The highest BCUT2D eigenvalue weighted by Crippen LogP contribution is 2.33. The Morgan fingerprint density at radius 1 is 0.635 bits per heavy atom. The fraction of sp³-hybridized carbons (Fsp3) is 0.238. The fourth-order valence-corrected chi connectivity index (χ4v) is 8.64. The molecule has 0 aliphatic carbocycles. The van der Waals surface area contributed by atoms with Crippen molar-refractivity contribution in [1.29, 1.82) is 0 Å². The summed E-state index contributed by atoms with van der Waals surface area (Å²) in [6, 6.07) is 21.4. The first kappa shape index (κ1) is 35.4. The molecule has 0 saturated carbocycles. The normalized spacial score (nSPS) is 16.2. The minimum Gasteiger partial charge on any atom is -0.478 e. The third kappa shape index (κ3) is 8.21. The van der Waals surface area contributed by atoms with E-state index in [9.17, 15) is 19.8 Å². The van der Waals surface area contributed by atoms with Gasteiger partial charge >= 0.3 is 11.9 Å². The van der Waals surface area contributed by atoms with E-state index in [1.807, 2.05) is 0 Å². The lowest BCUT2D eigenvalue weighted by atomic mass is 9.88. The number of benzene rings is 2. The summed E-state index contributed by atoms with van der Waals surface area (Å²) < 4.78 is 0. The number of nitrogens with one attached hydrogen (secondary N) is 2. The molecular weight excluding hydrogens is 689 g/mol. The van der Waals surface area contributed by atoms with Crippen LogP contribution in [0.4, 0.5) is 0 Å². The zero-order valence-electron chi connectivity index (χ0n) is 28.6. The third-order valence-electron chi connectivity index (χ3n) is 9.99. The molecule has 0 radical (unpaired) electrons. The number of aryl methyl sites for hydroxylation is 2. The number of carboxylic acid groups (broad SMARTS) is 2. The maximum atomic E-state index is 11.4. The Labute approximate surface area is 311 Å². The number of carboxylic acids is 2. The molecule has 2 aromatic carbocycles. The topological polar surface area (TPSA) is 124 Å². The van der Waals surface area contributed by atoms with Gasteiger partial charge in [-0.15, -0.1) is 0 Å². The highest BCUT2D eigenvalue weighted by Gasteiger charge is 2.23. The molecule has 264 valence electrons. The van der Waals surface area contributed by atoms with Gasteiger partial charge in [0.05, 0.1) is 11.1 Å². The molecule has 0 unspecified atom stereocenters. The van der Waals surface area contributed by atoms with Crippen LogP contribution in [0.2, 0.25) is 0 Å². The first-order chi connectivity index (χ1) is 25.4. The smallest absolute Gasteiger partial charge is 0.336 e. The average molecular weight is 729 g/mol. The number of fused-ring (bicyclic) bond motifs is 2. The quantitative estimate of drug-likeness (QED) is 0.111. The number of aromatic nitrogens is 2. The number of aromatic carboxylic acids is 2. The van der Waals surface area contributed by atoms with Gasteiger partial charge in [0.15, 0.2) is 0 Å². The Morgan fingerprint density at radius 3 is 1.50 bits per heavy atom. The van der Waals surface area contributed by atoms with Gasteiger partial charge in [0.2, 0.25) is 0 Å². The molecular formula is C42H40N4O4S2. The number of pyridine rings is 2. The Morgan fingerprint density at radius 2 is 1.10 bits per heavy atom. The molecule has 4 N–H and O–H groups in total. The van der Waals surface area contributed by atoms with Gasteiger partial charge in [-0.25, -0.2) is 9.59 Å². The van der Waals surface area contributed by atoms with Crippen LogP contribution in [0.5, 0.6) is 0 Å². The summed E-state index contributed by atoms with van der Waals surface area (Å²) in [7, 11) is 0. The van der Waals surface area contributed by atoms with Crippen molar-refractivity contribution in [3.8, 4) is 22.3 Å². The molecule has 2 aliphatic heterocycles. The maximum Gasteiger partial charge on any atom is 0.336 e. The van der Waals surface area contributed by atoms with Gasteiger partial charge in [0, 0.05) is 36.9 Å². The molecule has 10 heteroatoms. The molecule has 0 amide bonds. The van der Waals surface area contributed by atoms with Gasteiger partial charge in [0.25, 0.3) is 0 Å². The van der Waals surface area contributed by atoms with Crippen molar-refractivity contribution in [2.45, 2.75) is 50.6 Å². The lowest BCUT2D eigenvalue weighted by molar-refractivity contribution is 0.0684. The number of nitrogens with zero attached hydrogens (tertiary/aromatic N) is 2. The SMILES string of the molecule is O=C(O)c1ccncc1CC[C@@H]1NCCc2cc(-c3ccsc3)ccc21.O=C(O)c1ccncc1CC[C@H]1NCCc2cc(-c3ccsc3)ccc21. The predicted octanol–water partition coefficient (Wildman–Crippen LogP) is 8.66. The second-order valence-corrected chi connectivity index (χ2v) is 14.7. The number of rotatable bonds is 10. The van der Waals surface area contributed by atoms with E-state index in [4.69, 9.17) is 0 Å². The highest BCUT2D eigenvalue weighted by molar-refractivity contribution is 7.08. The van der Waals surface area contributed by atoms with E-state index in [2.05, 4.69) is 90.7 Å². The molecule has 0 saturated heterocycles. The summed E-state index contributed by atoms with van der Waals surface area (Å²) in [5, 5.41) is 34.4. The monoisotopic (exact) mass is 728 g/mol. The fourth-order valence-electron chi connectivity index (χ4n) is 7.31. The van der Waals surface area contributed by atoms with Crippen LogP contribution in [0.3, 0.4) is 0 Å². The zero-order chi connectivity index (χ0) is 35.9. The first-order valence-electron chi connectivity index (χ1n) is 17.5. The lowest BCUT2D eigenvalue weighted by Gasteiger charge is -2.27. The van der Waals surface area contributed by atoms with Gasteiger partial charge in [-0.1, -0.05) is 36.4 Å². The molecule has 52 heavy (non-hydrogen) atoms. The third-order valence-corrected chi connectivity index (χ3v) is 11.4. The molecule has 8 rings (SSSR count). The van der Waals surface area contributed by atoms with Crippen molar-refractivity contribution < 1.29 is 19.8 Å². The van der Waals surface area contributed by atoms with Crippen LogP contribution in [-0.2, 0) is 25.7 Å². The van der Waals surface area contributed by atoms with Crippen molar-refractivity contribution in [2.24, 2.45) is 0 Å². The van der Waals surface area contributed by atoms with Gasteiger partial charge < -0.3 is 20.8 Å². The molecule has 6 aromatic rings. The van der Waals surface area contributed by atoms with Crippen molar-refractivity contribution in [1.82, 2.24) is 20.6 Å². The largest absolute Gasteiger partial charge is 0.478 e. The van der Waals surface area contributed by atoms with Gasteiger partial charge in [0.1, 0.15) is 0 Å². The molecule has 4 aromatic heterocycles. The maximum absolute atomic E-state index is 11.4. The summed E-state index contributed by atoms with van der Waals surface area (Å²) in [6.45, 7) is 1.90. The first-order valence-corrected chi connectivity index (χ1v) is 19.4. The van der Waals surface area contributed by atoms with E-state index in [1.165, 1.54) is 56.9 Å². The summed E-state index contributed by atoms with van der Waals surface area (Å²) in [4.78, 5) is 30.9. The van der Waals surface area contributed by atoms with E-state index in [0.717, 1.165) is 49.9 Å². The van der Waals surface area contributed by atoms with Crippen LogP contribution in [0.15, 0.2) is 107 Å². The Balaban J connectivity index is 0.000000162. The van der Waals surface area contributed by atoms with Crippen LogP contribution in [0.25, 0.3) is 22.3 Å². The molecule has 8 nitrogen and oxygen atoms in total. The van der Waals surface area contributed by atoms with Crippen LogP contribution < -0.4 is 10.6 Å². The summed E-state index contributed by atoms with van der Waals surface area (Å²) in [6.07, 6.45) is 11.6. The van der Waals surface area contributed by atoms with Crippen LogP contribution in [0.1, 0.15) is 79.0 Å². The van der Waals surface area contributed by atoms with Crippen LogP contribution in [-0.4, -0.2) is 45.2 Å². The number of hydrogen-bond acceptors (Lipinski definition) is 8. The van der Waals surface area contributed by atoms with Gasteiger partial charge in [-0.2, -0.15) is 22.7 Å². The van der Waals surface area contributed by atoms with E-state index < -0.39 is 11.9 Å². The van der Waals surface area contributed by atoms with Crippen molar-refractivity contribution >= 4 is 34.6 Å². The molecule has 0 bridgehead atoms. The average Bonchev–Trinajstić information content (AvgIpc) is 3.92. The molecule has 0 spiro atoms. The molecule has 6 heterocycles. The number of thiophene rings is 2. The van der Waals surface area contributed by atoms with Crippen molar-refractivity contribution in [3.05, 3.63) is 151 Å². The Hall–Kier alpha value is -5.00. The van der Waals surface area contributed by atoms with E-state index in [-0.39, 0.29) is 12.1 Å². The Bertz CT molecular complexity index is 2000. The van der Waals surface area contributed by atoms with Gasteiger partial charge in [-0.05, 0) is 153 Å². The minimum atomic E-state index is -0.889. The van der Waals surface area contributed by atoms with Crippen molar-refractivity contribution in [3.63, 3.8) is 0 Å². The number of carbonyl (C=O) groups is 2. The van der Waals surface area contributed by atoms with E-state index in [0.29, 0.717) is 24.0 Å². The van der Waals surface area contributed by atoms with E-state index in [1.54, 1.807) is 47.2 Å². The zero-order valence-corrected chi connectivity index (χ0v) is 30.3. The summed E-state index contributed by atoms with van der Waals surface area (Å²) in [5.41, 5.74) is 12.8. The van der Waals surface area contributed by atoms with Crippen LogP contribution in [0, 0.1) is 0 Å².